The van der Waals surface area contributed by atoms with Crippen molar-refractivity contribution in [1.82, 2.24) is 15.1 Å². The largest absolute Gasteiger partial charge is 0.494 e. The minimum atomic E-state index is -0.599. The minimum Gasteiger partial charge on any atom is -0.494 e. The number of hydrogen-bond acceptors (Lipinski definition) is 3. The van der Waals surface area contributed by atoms with Gasteiger partial charge in [0.05, 0.1) is 12.8 Å². The molecule has 1 aromatic heterocycles. The van der Waals surface area contributed by atoms with Crippen molar-refractivity contribution in [2.45, 2.75) is 6.54 Å². The molecule has 0 bridgehead atoms. The van der Waals surface area contributed by atoms with E-state index in [2.05, 4.69) is 10.4 Å². The number of nitrogens with zero attached hydrogens (tertiary/aromatic N) is 2. The van der Waals surface area contributed by atoms with Crippen molar-refractivity contribution < 1.29 is 13.5 Å². The quantitative estimate of drug-likeness (QED) is 0.922. The van der Waals surface area contributed by atoms with Gasteiger partial charge < -0.3 is 10.1 Å². The molecule has 102 valence electrons. The summed E-state index contributed by atoms with van der Waals surface area (Å²) in [5, 5.41) is 7.17. The van der Waals surface area contributed by atoms with E-state index < -0.39 is 11.6 Å². The van der Waals surface area contributed by atoms with Gasteiger partial charge in [-0.15, -0.1) is 0 Å². The van der Waals surface area contributed by atoms with Gasteiger partial charge in [-0.1, -0.05) is 0 Å². The molecule has 1 N–H and O–H groups in total. The molecule has 0 aliphatic heterocycles. The average molecular weight is 267 g/mol. The normalized spacial score (nSPS) is 10.8. The zero-order valence-electron chi connectivity index (χ0n) is 11.0. The molecule has 2 rings (SSSR count). The highest BCUT2D eigenvalue weighted by molar-refractivity contribution is 5.67. The van der Waals surface area contributed by atoms with Gasteiger partial charge in [-0.25, -0.2) is 8.78 Å². The number of nitrogens with one attached hydrogen (secondary N) is 1. The van der Waals surface area contributed by atoms with Crippen LogP contribution in [0.3, 0.4) is 0 Å². The Morgan fingerprint density at radius 3 is 2.63 bits per heavy atom. The van der Waals surface area contributed by atoms with E-state index in [0.29, 0.717) is 17.8 Å². The predicted molar refractivity (Wildman–Crippen MR) is 67.9 cm³/mol. The second kappa shape index (κ2) is 5.36. The van der Waals surface area contributed by atoms with Crippen LogP contribution >= 0.6 is 0 Å². The monoisotopic (exact) mass is 267 g/mol. The molecule has 0 aliphatic rings. The van der Waals surface area contributed by atoms with Gasteiger partial charge in [0.15, 0.2) is 11.6 Å². The Balaban J connectivity index is 2.55. The summed E-state index contributed by atoms with van der Waals surface area (Å²) < 4.78 is 34.1. The van der Waals surface area contributed by atoms with Gasteiger partial charge in [-0.05, 0) is 13.1 Å². The third kappa shape index (κ3) is 2.58. The fourth-order valence-electron chi connectivity index (χ4n) is 1.95. The van der Waals surface area contributed by atoms with Gasteiger partial charge in [0.25, 0.3) is 0 Å². The highest BCUT2D eigenvalue weighted by Gasteiger charge is 2.17. The van der Waals surface area contributed by atoms with Crippen molar-refractivity contribution in [2.75, 3.05) is 14.2 Å². The van der Waals surface area contributed by atoms with Crippen LogP contribution in [0.2, 0.25) is 0 Å². The summed E-state index contributed by atoms with van der Waals surface area (Å²) in [6, 6.07) is 2.17. The minimum absolute atomic E-state index is 0.111. The fourth-order valence-corrected chi connectivity index (χ4v) is 1.95. The molecular weight excluding hydrogens is 252 g/mol. The lowest BCUT2D eigenvalue weighted by atomic mass is 10.1. The molecule has 0 aliphatic carbocycles. The molecule has 0 saturated carbocycles. The summed E-state index contributed by atoms with van der Waals surface area (Å²) in [5.74, 6) is -1.25. The number of aryl methyl sites for hydroxylation is 1. The molecule has 1 heterocycles. The zero-order chi connectivity index (χ0) is 14.0. The Kier molecular flexibility index (Phi) is 3.80. The summed E-state index contributed by atoms with van der Waals surface area (Å²) in [6.07, 6.45) is 1.66. The van der Waals surface area contributed by atoms with E-state index in [1.807, 2.05) is 0 Å². The van der Waals surface area contributed by atoms with Crippen molar-refractivity contribution >= 4 is 0 Å². The van der Waals surface area contributed by atoms with Crippen LogP contribution in [0, 0.1) is 11.6 Å². The van der Waals surface area contributed by atoms with E-state index in [-0.39, 0.29) is 11.3 Å². The van der Waals surface area contributed by atoms with Crippen LogP contribution in [0.4, 0.5) is 8.78 Å². The lowest BCUT2D eigenvalue weighted by molar-refractivity contribution is 0.383. The number of halogens is 2. The Bertz CT molecular complexity index is 596. The molecular formula is C13H15F2N3O. The summed E-state index contributed by atoms with van der Waals surface area (Å²) in [6.45, 7) is 0.475. The first-order valence-electron chi connectivity index (χ1n) is 5.77. The van der Waals surface area contributed by atoms with Gasteiger partial charge in [0, 0.05) is 37.0 Å². The van der Waals surface area contributed by atoms with E-state index in [4.69, 9.17) is 4.74 Å². The van der Waals surface area contributed by atoms with E-state index >= 15 is 0 Å². The van der Waals surface area contributed by atoms with E-state index in [9.17, 15) is 8.78 Å². The second-order valence-corrected chi connectivity index (χ2v) is 4.16. The van der Waals surface area contributed by atoms with Gasteiger partial charge in [-0.2, -0.15) is 5.10 Å². The van der Waals surface area contributed by atoms with Crippen LogP contribution in [0.5, 0.6) is 5.75 Å². The first-order valence-corrected chi connectivity index (χ1v) is 5.77. The van der Waals surface area contributed by atoms with Gasteiger partial charge >= 0.3 is 0 Å². The van der Waals surface area contributed by atoms with Crippen LogP contribution in [-0.2, 0) is 13.6 Å². The Morgan fingerprint density at radius 1 is 1.26 bits per heavy atom. The smallest absolute Gasteiger partial charge is 0.165 e. The summed E-state index contributed by atoms with van der Waals surface area (Å²) in [4.78, 5) is 0. The standard InChI is InChI=1S/C13H15F2N3O/c1-16-6-12-9(7-18(2)17-12)8-4-11(15)13(19-3)5-10(8)14/h4-5,7,16H,6H2,1-3H3. The first-order chi connectivity index (χ1) is 9.06. The van der Waals surface area contributed by atoms with E-state index in [1.54, 1.807) is 25.0 Å². The third-order valence-corrected chi connectivity index (χ3v) is 2.78. The summed E-state index contributed by atoms with van der Waals surface area (Å²) >= 11 is 0. The summed E-state index contributed by atoms with van der Waals surface area (Å²) in [5.41, 5.74) is 1.40. The topological polar surface area (TPSA) is 39.1 Å². The van der Waals surface area contributed by atoms with Gasteiger partial charge in [0.1, 0.15) is 5.82 Å². The molecule has 4 nitrogen and oxygen atoms in total. The number of rotatable bonds is 4. The number of hydrogen-bond donors (Lipinski definition) is 1. The molecule has 19 heavy (non-hydrogen) atoms. The van der Waals surface area contributed by atoms with E-state index in [0.717, 1.165) is 12.1 Å². The zero-order valence-corrected chi connectivity index (χ0v) is 11.0. The average Bonchev–Trinajstić information content (AvgIpc) is 2.73. The molecule has 2 aromatic rings. The van der Waals surface area contributed by atoms with Crippen molar-refractivity contribution in [1.29, 1.82) is 0 Å². The summed E-state index contributed by atoms with van der Waals surface area (Å²) in [7, 11) is 4.80. The first kappa shape index (κ1) is 13.5. The van der Waals surface area contributed by atoms with Gasteiger partial charge in [-0.3, -0.25) is 4.68 Å². The number of methoxy groups -OCH3 is 1. The molecule has 0 amide bonds. The molecule has 0 radical (unpaired) electrons. The van der Waals surface area contributed by atoms with Crippen molar-refractivity contribution in [3.63, 3.8) is 0 Å². The Labute approximate surface area is 110 Å². The Hall–Kier alpha value is -1.95. The maximum atomic E-state index is 14.0. The van der Waals surface area contributed by atoms with E-state index in [1.165, 1.54) is 7.11 Å². The predicted octanol–water partition coefficient (Wildman–Crippen LogP) is 2.09. The molecule has 6 heteroatoms. The van der Waals surface area contributed by atoms with Crippen LogP contribution in [-0.4, -0.2) is 23.9 Å². The second-order valence-electron chi connectivity index (χ2n) is 4.16. The maximum Gasteiger partial charge on any atom is 0.165 e. The lowest BCUT2D eigenvalue weighted by Gasteiger charge is -2.07. The molecule has 0 spiro atoms. The SMILES string of the molecule is CNCc1nn(C)cc1-c1cc(F)c(OC)cc1F. The number of ether oxygens (including phenoxy) is 1. The maximum absolute atomic E-state index is 14.0. The van der Waals surface area contributed by atoms with Crippen molar-refractivity contribution in [3.05, 3.63) is 35.7 Å². The van der Waals surface area contributed by atoms with Crippen LogP contribution in [0.1, 0.15) is 5.69 Å². The Morgan fingerprint density at radius 2 is 2.00 bits per heavy atom. The molecule has 0 fully saturated rings. The molecule has 0 saturated heterocycles. The van der Waals surface area contributed by atoms with Crippen molar-refractivity contribution in [2.24, 2.45) is 7.05 Å². The van der Waals surface area contributed by atoms with Crippen molar-refractivity contribution in [3.8, 4) is 16.9 Å². The van der Waals surface area contributed by atoms with Crippen LogP contribution in [0.15, 0.2) is 18.3 Å². The van der Waals surface area contributed by atoms with Crippen LogP contribution < -0.4 is 10.1 Å². The molecule has 0 unspecified atom stereocenters. The highest BCUT2D eigenvalue weighted by atomic mass is 19.1. The number of aromatic nitrogens is 2. The molecule has 1 aromatic carbocycles. The molecule has 0 atom stereocenters. The highest BCUT2D eigenvalue weighted by Crippen LogP contribution is 2.30. The third-order valence-electron chi connectivity index (χ3n) is 2.78. The van der Waals surface area contributed by atoms with Gasteiger partial charge in [0.2, 0.25) is 0 Å². The lowest BCUT2D eigenvalue weighted by Crippen LogP contribution is -2.07. The van der Waals surface area contributed by atoms with Crippen LogP contribution in [0.25, 0.3) is 11.1 Å². The fraction of sp³-hybridized carbons (Fsp3) is 0.308. The number of benzene rings is 1.